The molecule has 0 aromatic heterocycles. The van der Waals surface area contributed by atoms with Crippen LogP contribution in [0.1, 0.15) is 40.0 Å². The van der Waals surface area contributed by atoms with Gasteiger partial charge < -0.3 is 5.32 Å². The van der Waals surface area contributed by atoms with E-state index in [0.29, 0.717) is 6.54 Å². The minimum Gasteiger partial charge on any atom is -0.355 e. The van der Waals surface area contributed by atoms with Gasteiger partial charge in [0, 0.05) is 13.0 Å². The van der Waals surface area contributed by atoms with E-state index in [2.05, 4.69) is 14.6 Å². The largest absolute Gasteiger partial charge is 0.355 e. The Bertz CT molecular complexity index is 308. The van der Waals surface area contributed by atoms with Crippen molar-refractivity contribution in [3.8, 4) is 0 Å². The molecule has 0 aliphatic carbocycles. The summed E-state index contributed by atoms with van der Waals surface area (Å²) < 4.78 is 0. The predicted molar refractivity (Wildman–Crippen MR) is 74.1 cm³/mol. The molecule has 0 aromatic rings. The molecule has 1 fully saturated rings. The van der Waals surface area contributed by atoms with E-state index in [-0.39, 0.29) is 36.3 Å². The molecule has 0 aromatic carbocycles. The van der Waals surface area contributed by atoms with Gasteiger partial charge in [-0.15, -0.1) is 9.24 Å². The van der Waals surface area contributed by atoms with Crippen LogP contribution in [-0.2, 0) is 14.4 Å². The Morgan fingerprint density at radius 2 is 2.06 bits per heavy atom. The van der Waals surface area contributed by atoms with Crippen LogP contribution in [0.4, 0.5) is 0 Å². The van der Waals surface area contributed by atoms with Crippen molar-refractivity contribution in [2.45, 2.75) is 45.7 Å². The molecule has 1 saturated heterocycles. The summed E-state index contributed by atoms with van der Waals surface area (Å²) in [6.45, 7) is 6.47. The molecule has 104 valence electrons. The van der Waals surface area contributed by atoms with Gasteiger partial charge in [-0.3, -0.25) is 19.3 Å². The van der Waals surface area contributed by atoms with Gasteiger partial charge in [-0.25, -0.2) is 0 Å². The number of carbonyl (C=O) groups excluding carboxylic acids is 3. The van der Waals surface area contributed by atoms with E-state index in [9.17, 15) is 14.4 Å². The van der Waals surface area contributed by atoms with Crippen LogP contribution >= 0.6 is 9.24 Å². The normalized spacial score (nSPS) is 18.4. The fourth-order valence-electron chi connectivity index (χ4n) is 1.48. The van der Waals surface area contributed by atoms with Crippen molar-refractivity contribution in [1.29, 1.82) is 0 Å². The molecule has 1 aliphatic rings. The molecule has 3 amide bonds. The first-order valence-corrected chi connectivity index (χ1v) is 7.09. The molecule has 1 rings (SSSR count). The number of imide groups is 1. The lowest BCUT2D eigenvalue weighted by atomic mass is 10.3. The lowest BCUT2D eigenvalue weighted by molar-refractivity contribution is -0.142. The Morgan fingerprint density at radius 1 is 1.44 bits per heavy atom. The number of nitrogens with one attached hydrogen (secondary N) is 1. The zero-order valence-corrected chi connectivity index (χ0v) is 12.5. The quantitative estimate of drug-likeness (QED) is 0.461. The predicted octanol–water partition coefficient (Wildman–Crippen LogP) is 0.931. The van der Waals surface area contributed by atoms with Crippen LogP contribution in [-0.4, -0.2) is 41.4 Å². The number of nitrogens with zero attached hydrogens (tertiary/aromatic N) is 1. The first-order valence-electron chi connectivity index (χ1n) is 6.42. The Hall–Kier alpha value is -0.960. The number of hydrogen-bond donors (Lipinski definition) is 1. The SMILES string of the molecule is CC.CCCCNC(=O)CN1C(=O)CC(P)C1=O. The summed E-state index contributed by atoms with van der Waals surface area (Å²) in [4.78, 5) is 35.3. The van der Waals surface area contributed by atoms with Crippen LogP contribution in [0.2, 0.25) is 0 Å². The average Bonchev–Trinajstić information content (AvgIpc) is 2.59. The molecule has 0 bridgehead atoms. The van der Waals surface area contributed by atoms with Gasteiger partial charge in [0.1, 0.15) is 6.54 Å². The number of amides is 3. The first kappa shape index (κ1) is 17.0. The molecule has 1 aliphatic heterocycles. The molecular formula is C12H23N2O3P. The van der Waals surface area contributed by atoms with E-state index in [4.69, 9.17) is 0 Å². The van der Waals surface area contributed by atoms with Gasteiger partial charge in [0.2, 0.25) is 17.7 Å². The second-order valence-electron chi connectivity index (χ2n) is 3.83. The van der Waals surface area contributed by atoms with E-state index in [0.717, 1.165) is 17.7 Å². The maximum atomic E-state index is 11.5. The zero-order valence-electron chi connectivity index (χ0n) is 11.4. The maximum Gasteiger partial charge on any atom is 0.240 e. The molecular weight excluding hydrogens is 251 g/mol. The van der Waals surface area contributed by atoms with Crippen LogP contribution in [0.5, 0.6) is 0 Å². The van der Waals surface area contributed by atoms with Gasteiger partial charge in [0.25, 0.3) is 0 Å². The highest BCUT2D eigenvalue weighted by Crippen LogP contribution is 2.19. The fraction of sp³-hybridized carbons (Fsp3) is 0.750. The first-order chi connectivity index (χ1) is 8.56. The second kappa shape index (κ2) is 9.03. The Morgan fingerprint density at radius 3 is 2.50 bits per heavy atom. The minimum atomic E-state index is -0.365. The van der Waals surface area contributed by atoms with Crippen molar-refractivity contribution in [3.05, 3.63) is 0 Å². The molecule has 1 heterocycles. The highest BCUT2D eigenvalue weighted by atomic mass is 31.0. The Kier molecular flexibility index (Phi) is 8.55. The smallest absolute Gasteiger partial charge is 0.240 e. The molecule has 5 nitrogen and oxygen atoms in total. The summed E-state index contributed by atoms with van der Waals surface area (Å²) in [5.41, 5.74) is -0.365. The van der Waals surface area contributed by atoms with Gasteiger partial charge in [-0.05, 0) is 6.42 Å². The zero-order chi connectivity index (χ0) is 14.1. The number of rotatable bonds is 5. The summed E-state index contributed by atoms with van der Waals surface area (Å²) in [6.07, 6.45) is 2.08. The van der Waals surface area contributed by atoms with Crippen LogP contribution < -0.4 is 5.32 Å². The third-order valence-electron chi connectivity index (χ3n) is 2.43. The lowest BCUT2D eigenvalue weighted by Crippen LogP contribution is -2.41. The van der Waals surface area contributed by atoms with E-state index < -0.39 is 0 Å². The van der Waals surface area contributed by atoms with Crippen molar-refractivity contribution in [1.82, 2.24) is 10.2 Å². The van der Waals surface area contributed by atoms with Crippen LogP contribution in [0, 0.1) is 0 Å². The monoisotopic (exact) mass is 274 g/mol. The van der Waals surface area contributed by atoms with Crippen LogP contribution in [0.15, 0.2) is 0 Å². The lowest BCUT2D eigenvalue weighted by Gasteiger charge is -2.13. The number of unbranched alkanes of at least 4 members (excludes halogenated alkanes) is 1. The van der Waals surface area contributed by atoms with Crippen molar-refractivity contribution < 1.29 is 14.4 Å². The number of likely N-dealkylation sites (tertiary alicyclic amines) is 1. The van der Waals surface area contributed by atoms with Crippen LogP contribution in [0.25, 0.3) is 0 Å². The molecule has 0 radical (unpaired) electrons. The summed E-state index contributed by atoms with van der Waals surface area (Å²) in [6, 6.07) is 0. The second-order valence-corrected chi connectivity index (χ2v) is 4.64. The standard InChI is InChI=1S/C10H17N2O3P.C2H6/c1-2-3-4-11-8(13)6-12-9(14)5-7(16)10(12)15;1-2/h7H,2-6,16H2,1H3,(H,11,13);1-2H3. The minimum absolute atomic E-state index is 0.147. The topological polar surface area (TPSA) is 66.5 Å². The Labute approximate surface area is 111 Å². The molecule has 0 saturated carbocycles. The molecule has 6 heteroatoms. The van der Waals surface area contributed by atoms with Crippen molar-refractivity contribution >= 4 is 27.0 Å². The number of carbonyl (C=O) groups is 3. The van der Waals surface area contributed by atoms with E-state index in [1.807, 2.05) is 20.8 Å². The third kappa shape index (κ3) is 5.13. The van der Waals surface area contributed by atoms with Gasteiger partial charge in [-0.2, -0.15) is 0 Å². The fourth-order valence-corrected chi connectivity index (χ4v) is 1.86. The summed E-state index contributed by atoms with van der Waals surface area (Å²) in [5, 5.41) is 2.67. The number of hydrogen-bond acceptors (Lipinski definition) is 3. The van der Waals surface area contributed by atoms with Crippen molar-refractivity contribution in [2.75, 3.05) is 13.1 Å². The highest BCUT2D eigenvalue weighted by molar-refractivity contribution is 7.19. The van der Waals surface area contributed by atoms with Crippen LogP contribution in [0.3, 0.4) is 0 Å². The van der Waals surface area contributed by atoms with E-state index >= 15 is 0 Å². The average molecular weight is 274 g/mol. The molecule has 1 N–H and O–H groups in total. The summed E-state index contributed by atoms with van der Waals surface area (Å²) >= 11 is 0. The highest BCUT2D eigenvalue weighted by Gasteiger charge is 2.36. The molecule has 18 heavy (non-hydrogen) atoms. The van der Waals surface area contributed by atoms with E-state index in [1.54, 1.807) is 0 Å². The molecule has 2 atom stereocenters. The van der Waals surface area contributed by atoms with Crippen molar-refractivity contribution in [3.63, 3.8) is 0 Å². The van der Waals surface area contributed by atoms with Crippen molar-refractivity contribution in [2.24, 2.45) is 0 Å². The van der Waals surface area contributed by atoms with Gasteiger partial charge in [0.15, 0.2) is 0 Å². The molecule has 0 spiro atoms. The van der Waals surface area contributed by atoms with Gasteiger partial charge in [0.05, 0.1) is 5.66 Å². The summed E-state index contributed by atoms with van der Waals surface area (Å²) in [7, 11) is 2.32. The van der Waals surface area contributed by atoms with Gasteiger partial charge in [-0.1, -0.05) is 27.2 Å². The van der Waals surface area contributed by atoms with E-state index in [1.165, 1.54) is 0 Å². The Balaban J connectivity index is 0.00000137. The maximum absolute atomic E-state index is 11.5. The van der Waals surface area contributed by atoms with Gasteiger partial charge >= 0.3 is 0 Å². The summed E-state index contributed by atoms with van der Waals surface area (Å²) in [5.74, 6) is -0.814. The third-order valence-corrected chi connectivity index (χ3v) is 2.95. The molecule has 2 unspecified atom stereocenters.